The Kier molecular flexibility index (Phi) is 4.02. The van der Waals surface area contributed by atoms with Crippen LogP contribution in [-0.4, -0.2) is 36.6 Å². The summed E-state index contributed by atoms with van der Waals surface area (Å²) in [6.07, 6.45) is 6.44. The second kappa shape index (κ2) is 6.61. The fraction of sp³-hybridized carbons (Fsp3) is 0.200. The molecule has 0 spiro atoms. The fourth-order valence-electron chi connectivity index (χ4n) is 3.39. The summed E-state index contributed by atoms with van der Waals surface area (Å²) >= 11 is 0. The van der Waals surface area contributed by atoms with Crippen molar-refractivity contribution in [3.05, 3.63) is 49.1 Å². The molecule has 3 N–H and O–H groups in total. The van der Waals surface area contributed by atoms with Gasteiger partial charge in [0.05, 0.1) is 28.8 Å². The van der Waals surface area contributed by atoms with Crippen molar-refractivity contribution in [2.24, 2.45) is 13.0 Å². The third kappa shape index (κ3) is 3.25. The van der Waals surface area contributed by atoms with E-state index in [1.165, 1.54) is 0 Å². The van der Waals surface area contributed by atoms with E-state index in [0.717, 1.165) is 16.6 Å². The van der Waals surface area contributed by atoms with Crippen LogP contribution in [0.25, 0.3) is 22.2 Å². The highest BCUT2D eigenvalue weighted by Crippen LogP contribution is 2.49. The minimum absolute atomic E-state index is 0.404. The van der Waals surface area contributed by atoms with Crippen molar-refractivity contribution in [1.29, 1.82) is 0 Å². The molecule has 0 radical (unpaired) electrons. The summed E-state index contributed by atoms with van der Waals surface area (Å²) in [5.41, 5.74) is 3.35. The van der Waals surface area contributed by atoms with Crippen LogP contribution in [0.1, 0.15) is 6.42 Å². The Balaban J connectivity index is 1.45. The van der Waals surface area contributed by atoms with Gasteiger partial charge in [-0.2, -0.15) is 5.10 Å². The lowest BCUT2D eigenvalue weighted by atomic mass is 10.1. The molecule has 30 heavy (non-hydrogen) atoms. The van der Waals surface area contributed by atoms with Crippen LogP contribution in [0.5, 0.6) is 0 Å². The first-order valence-corrected chi connectivity index (χ1v) is 9.28. The zero-order valence-electron chi connectivity index (χ0n) is 15.9. The Hall–Kier alpha value is -3.82. The number of alkyl halides is 2. The van der Waals surface area contributed by atoms with Crippen molar-refractivity contribution in [2.45, 2.75) is 12.3 Å². The van der Waals surface area contributed by atoms with Crippen LogP contribution in [0, 0.1) is 5.92 Å². The molecule has 5 rings (SSSR count). The van der Waals surface area contributed by atoms with Crippen molar-refractivity contribution >= 4 is 34.1 Å². The number of H-pyrrole nitrogens is 1. The maximum absolute atomic E-state index is 13.2. The molecule has 1 atom stereocenters. The minimum Gasteiger partial charge on any atom is -0.359 e. The normalized spacial score (nSPS) is 17.1. The second-order valence-corrected chi connectivity index (χ2v) is 7.23. The first kappa shape index (κ1) is 18.2. The number of carbonyl (C=O) groups excluding carboxylic acids is 1. The summed E-state index contributed by atoms with van der Waals surface area (Å²) in [6, 6.07) is 7.11. The van der Waals surface area contributed by atoms with Gasteiger partial charge in [0.15, 0.2) is 0 Å². The standard InChI is InChI=1S/C20H17F2N7O/c1-29-10-11(9-25-29)26-19-24-7-5-15(28-19)12-2-3-16(17-13(12)4-6-23-17)27-18(30)14-8-20(14,21)22/h2-7,9-10,14,23H,8H2,1H3,(H,27,30)(H,24,26,28). The summed E-state index contributed by atoms with van der Waals surface area (Å²) in [5, 5.41) is 10.6. The van der Waals surface area contributed by atoms with Crippen molar-refractivity contribution in [1.82, 2.24) is 24.7 Å². The first-order valence-electron chi connectivity index (χ1n) is 9.28. The highest BCUT2D eigenvalue weighted by Gasteiger charge is 2.61. The Morgan fingerprint density at radius 1 is 1.30 bits per heavy atom. The van der Waals surface area contributed by atoms with E-state index < -0.39 is 24.2 Å². The molecule has 10 heteroatoms. The Labute approximate surface area is 169 Å². The van der Waals surface area contributed by atoms with Crippen LogP contribution in [0.3, 0.4) is 0 Å². The molecule has 0 aliphatic heterocycles. The molecule has 1 aliphatic carbocycles. The largest absolute Gasteiger partial charge is 0.359 e. The number of nitrogens with one attached hydrogen (secondary N) is 3. The van der Waals surface area contributed by atoms with E-state index in [-0.39, 0.29) is 0 Å². The van der Waals surface area contributed by atoms with Crippen molar-refractivity contribution in [3.63, 3.8) is 0 Å². The zero-order chi connectivity index (χ0) is 20.9. The van der Waals surface area contributed by atoms with Crippen molar-refractivity contribution in [2.75, 3.05) is 10.6 Å². The van der Waals surface area contributed by atoms with Gasteiger partial charge in [0.2, 0.25) is 11.9 Å². The van der Waals surface area contributed by atoms with Gasteiger partial charge in [0.25, 0.3) is 5.92 Å². The van der Waals surface area contributed by atoms with E-state index in [4.69, 9.17) is 0 Å². The van der Waals surface area contributed by atoms with Crippen LogP contribution in [0.2, 0.25) is 0 Å². The van der Waals surface area contributed by atoms with Gasteiger partial charge in [-0.15, -0.1) is 0 Å². The Morgan fingerprint density at radius 3 is 2.87 bits per heavy atom. The number of halogens is 2. The van der Waals surface area contributed by atoms with E-state index in [0.29, 0.717) is 22.8 Å². The molecule has 3 aromatic heterocycles. The van der Waals surface area contributed by atoms with Gasteiger partial charge in [-0.25, -0.2) is 18.7 Å². The van der Waals surface area contributed by atoms with Crippen LogP contribution in [0.15, 0.2) is 49.1 Å². The molecule has 1 fully saturated rings. The first-order chi connectivity index (χ1) is 14.4. The molecule has 1 saturated carbocycles. The van der Waals surface area contributed by atoms with E-state index >= 15 is 0 Å². The van der Waals surface area contributed by atoms with Gasteiger partial charge in [-0.05, 0) is 24.3 Å². The van der Waals surface area contributed by atoms with Gasteiger partial charge in [0.1, 0.15) is 5.92 Å². The van der Waals surface area contributed by atoms with Crippen LogP contribution in [0.4, 0.5) is 26.1 Å². The van der Waals surface area contributed by atoms with Gasteiger partial charge in [-0.3, -0.25) is 9.48 Å². The molecule has 152 valence electrons. The molecule has 1 amide bonds. The third-order valence-electron chi connectivity index (χ3n) is 5.02. The minimum atomic E-state index is -2.91. The molecular weight excluding hydrogens is 392 g/mol. The average Bonchev–Trinajstić information content (AvgIpc) is 3.05. The second-order valence-electron chi connectivity index (χ2n) is 7.23. The lowest BCUT2D eigenvalue weighted by Gasteiger charge is -2.10. The van der Waals surface area contributed by atoms with Crippen molar-refractivity contribution < 1.29 is 13.6 Å². The molecule has 0 bridgehead atoms. The van der Waals surface area contributed by atoms with Gasteiger partial charge < -0.3 is 15.6 Å². The number of carbonyl (C=O) groups is 1. The molecule has 1 aromatic carbocycles. The van der Waals surface area contributed by atoms with E-state index in [2.05, 4.69) is 30.7 Å². The maximum Gasteiger partial charge on any atom is 0.260 e. The fourth-order valence-corrected chi connectivity index (χ4v) is 3.39. The Bertz CT molecular complexity index is 1260. The van der Waals surface area contributed by atoms with E-state index in [1.54, 1.807) is 47.7 Å². The van der Waals surface area contributed by atoms with Gasteiger partial charge >= 0.3 is 0 Å². The summed E-state index contributed by atoms with van der Waals surface area (Å²) in [7, 11) is 1.82. The smallest absolute Gasteiger partial charge is 0.260 e. The predicted molar refractivity (Wildman–Crippen MR) is 107 cm³/mol. The predicted octanol–water partition coefficient (Wildman–Crippen LogP) is 3.70. The van der Waals surface area contributed by atoms with Crippen LogP contribution < -0.4 is 10.6 Å². The SMILES string of the molecule is Cn1cc(Nc2nccc(-c3ccc(NC(=O)C4CC4(F)F)c4[nH]ccc34)n2)cn1. The monoisotopic (exact) mass is 409 g/mol. The molecule has 1 unspecified atom stereocenters. The third-order valence-corrected chi connectivity index (χ3v) is 5.02. The maximum atomic E-state index is 13.2. The summed E-state index contributed by atoms with van der Waals surface area (Å²) < 4.78 is 28.0. The van der Waals surface area contributed by atoms with Gasteiger partial charge in [0, 0.05) is 43.0 Å². The number of hydrogen-bond acceptors (Lipinski definition) is 5. The van der Waals surface area contributed by atoms with Crippen LogP contribution >= 0.6 is 0 Å². The summed E-state index contributed by atoms with van der Waals surface area (Å²) in [6.45, 7) is 0. The van der Waals surface area contributed by atoms with Crippen molar-refractivity contribution in [3.8, 4) is 11.3 Å². The summed E-state index contributed by atoms with van der Waals surface area (Å²) in [4.78, 5) is 24.0. The molecule has 0 saturated heterocycles. The zero-order valence-corrected chi connectivity index (χ0v) is 15.9. The number of aromatic amines is 1. The van der Waals surface area contributed by atoms with Gasteiger partial charge in [-0.1, -0.05) is 0 Å². The molecule has 3 heterocycles. The average molecular weight is 409 g/mol. The molecule has 8 nitrogen and oxygen atoms in total. The number of amides is 1. The number of anilines is 3. The lowest BCUT2D eigenvalue weighted by Crippen LogP contribution is -2.17. The van der Waals surface area contributed by atoms with Crippen LogP contribution in [-0.2, 0) is 11.8 Å². The number of nitrogens with zero attached hydrogens (tertiary/aromatic N) is 4. The quantitative estimate of drug-likeness (QED) is 0.467. The number of aryl methyl sites for hydroxylation is 1. The number of benzene rings is 1. The van der Waals surface area contributed by atoms with E-state index in [9.17, 15) is 13.6 Å². The lowest BCUT2D eigenvalue weighted by molar-refractivity contribution is -0.119. The Morgan fingerprint density at radius 2 is 2.13 bits per heavy atom. The molecule has 1 aliphatic rings. The molecule has 4 aromatic rings. The number of fused-ring (bicyclic) bond motifs is 1. The highest BCUT2D eigenvalue weighted by atomic mass is 19.3. The number of rotatable bonds is 5. The summed E-state index contributed by atoms with van der Waals surface area (Å²) in [5.74, 6) is -4.42. The topological polar surface area (TPSA) is 101 Å². The number of aromatic nitrogens is 5. The highest BCUT2D eigenvalue weighted by molar-refractivity contribution is 6.06. The van der Waals surface area contributed by atoms with E-state index in [1.807, 2.05) is 13.1 Å². The molecular formula is C20H17F2N7O. The number of hydrogen-bond donors (Lipinski definition) is 3.